The first-order valence-corrected chi connectivity index (χ1v) is 8.45. The summed E-state index contributed by atoms with van der Waals surface area (Å²) in [6.45, 7) is 2.00. The van der Waals surface area contributed by atoms with Gasteiger partial charge in [0.25, 0.3) is 11.1 Å². The molecule has 1 aromatic carbocycles. The molecule has 7 heteroatoms. The second-order valence-electron chi connectivity index (χ2n) is 5.65. The van der Waals surface area contributed by atoms with Crippen molar-refractivity contribution in [1.82, 2.24) is 14.6 Å². The van der Waals surface area contributed by atoms with Crippen LogP contribution in [-0.4, -0.2) is 14.6 Å². The second kappa shape index (κ2) is 6.10. The lowest BCUT2D eigenvalue weighted by atomic mass is 10.1. The van der Waals surface area contributed by atoms with Crippen LogP contribution in [0, 0.1) is 6.92 Å². The Morgan fingerprint density at radius 3 is 2.72 bits per heavy atom. The van der Waals surface area contributed by atoms with E-state index >= 15 is 0 Å². The average molecular weight is 351 g/mol. The smallest absolute Gasteiger partial charge is 0.296 e. The van der Waals surface area contributed by atoms with Crippen LogP contribution in [-0.2, 0) is 6.42 Å². The third-order valence-electron chi connectivity index (χ3n) is 3.76. The van der Waals surface area contributed by atoms with Crippen molar-refractivity contribution in [2.24, 2.45) is 0 Å². The molecule has 0 aliphatic rings. The molecule has 0 fully saturated rings. The van der Waals surface area contributed by atoms with Crippen molar-refractivity contribution in [2.75, 3.05) is 0 Å². The zero-order valence-electron chi connectivity index (χ0n) is 13.3. The Bertz CT molecular complexity index is 1210. The molecule has 4 aromatic rings. The van der Waals surface area contributed by atoms with E-state index < -0.39 is 5.56 Å². The molecule has 0 N–H and O–H groups in total. The summed E-state index contributed by atoms with van der Waals surface area (Å²) in [5.41, 5.74) is 1.61. The number of hydrogen-bond acceptors (Lipinski definition) is 6. The van der Waals surface area contributed by atoms with Gasteiger partial charge >= 0.3 is 0 Å². The van der Waals surface area contributed by atoms with Crippen LogP contribution in [0.25, 0.3) is 11.0 Å². The van der Waals surface area contributed by atoms with Crippen molar-refractivity contribution >= 4 is 22.4 Å². The first-order valence-electron chi connectivity index (χ1n) is 7.64. The molecule has 0 saturated heterocycles. The highest BCUT2D eigenvalue weighted by Crippen LogP contribution is 2.07. The highest BCUT2D eigenvalue weighted by atomic mass is 32.1. The number of hydrogen-bond donors (Lipinski definition) is 0. The number of furan rings is 1. The average Bonchev–Trinajstić information content (AvgIpc) is 3.20. The van der Waals surface area contributed by atoms with Gasteiger partial charge in [0.1, 0.15) is 16.0 Å². The molecule has 3 aromatic heterocycles. The molecule has 0 atom stereocenters. The van der Waals surface area contributed by atoms with Crippen LogP contribution in [0.1, 0.15) is 22.6 Å². The number of thiazole rings is 1. The maximum absolute atomic E-state index is 12.5. The fourth-order valence-corrected chi connectivity index (χ4v) is 3.34. The number of rotatable bonds is 3. The lowest BCUT2D eigenvalue weighted by Crippen LogP contribution is -2.28. The predicted octanol–water partition coefficient (Wildman–Crippen LogP) is 1.55. The van der Waals surface area contributed by atoms with E-state index in [9.17, 15) is 9.59 Å². The number of aryl methyl sites for hydroxylation is 1. The fraction of sp³-hybridized carbons (Fsp3) is 0.111. The molecule has 0 aliphatic heterocycles. The minimum atomic E-state index is -0.411. The van der Waals surface area contributed by atoms with Gasteiger partial charge in [-0.25, -0.2) is 0 Å². The van der Waals surface area contributed by atoms with E-state index in [1.807, 2.05) is 31.2 Å². The predicted molar refractivity (Wildman–Crippen MR) is 94.9 cm³/mol. The lowest BCUT2D eigenvalue weighted by Gasteiger charge is -2.01. The maximum atomic E-state index is 12.5. The van der Waals surface area contributed by atoms with Crippen LogP contribution in [0.5, 0.6) is 0 Å². The van der Waals surface area contributed by atoms with E-state index in [-0.39, 0.29) is 16.2 Å². The molecule has 0 aliphatic carbocycles. The van der Waals surface area contributed by atoms with Gasteiger partial charge in [-0.2, -0.15) is 14.6 Å². The van der Waals surface area contributed by atoms with Crippen molar-refractivity contribution in [1.29, 1.82) is 0 Å². The van der Waals surface area contributed by atoms with Crippen molar-refractivity contribution < 1.29 is 4.42 Å². The van der Waals surface area contributed by atoms with Gasteiger partial charge in [-0.05, 0) is 24.6 Å². The largest absolute Gasteiger partial charge is 0.465 e. The summed E-state index contributed by atoms with van der Waals surface area (Å²) < 4.78 is 6.83. The van der Waals surface area contributed by atoms with Gasteiger partial charge in [-0.1, -0.05) is 41.2 Å². The molecule has 0 amide bonds. The summed E-state index contributed by atoms with van der Waals surface area (Å²) in [6.07, 6.45) is 3.48. The van der Waals surface area contributed by atoms with Gasteiger partial charge in [0.15, 0.2) is 0 Å². The minimum absolute atomic E-state index is 0.251. The van der Waals surface area contributed by atoms with Crippen molar-refractivity contribution in [3.8, 4) is 0 Å². The molecule has 3 heterocycles. The highest BCUT2D eigenvalue weighted by molar-refractivity contribution is 7.15. The zero-order valence-corrected chi connectivity index (χ0v) is 14.1. The number of aromatic nitrogens is 3. The van der Waals surface area contributed by atoms with E-state index in [2.05, 4.69) is 10.1 Å². The molecule has 0 radical (unpaired) electrons. The fourth-order valence-electron chi connectivity index (χ4n) is 2.45. The summed E-state index contributed by atoms with van der Waals surface area (Å²) in [5, 5.41) is 4.23. The quantitative estimate of drug-likeness (QED) is 0.560. The standard InChI is InChI=1S/C18H13N3O3S/c1-11-4-6-12(7-5-11)9-14-16(22)19-18-21(20-14)17(23)15(25-18)10-13-3-2-8-24-13/h2-8,10H,9H2,1H3. The summed E-state index contributed by atoms with van der Waals surface area (Å²) in [4.78, 5) is 29.0. The van der Waals surface area contributed by atoms with E-state index in [1.54, 1.807) is 18.2 Å². The van der Waals surface area contributed by atoms with Gasteiger partial charge in [0.05, 0.1) is 6.26 Å². The van der Waals surface area contributed by atoms with Crippen LogP contribution >= 0.6 is 11.3 Å². The molecule has 0 spiro atoms. The normalized spacial score (nSPS) is 12.1. The minimum Gasteiger partial charge on any atom is -0.465 e. The SMILES string of the molecule is Cc1ccc(Cc2nn3c(=O)c(=Cc4ccco4)sc3nc2=O)cc1. The number of nitrogens with zero attached hydrogens (tertiary/aromatic N) is 3. The summed E-state index contributed by atoms with van der Waals surface area (Å²) >= 11 is 1.11. The maximum Gasteiger partial charge on any atom is 0.296 e. The van der Waals surface area contributed by atoms with Gasteiger partial charge in [-0.3, -0.25) is 9.59 Å². The Hall–Kier alpha value is -3.06. The summed E-state index contributed by atoms with van der Waals surface area (Å²) in [7, 11) is 0. The third kappa shape index (κ3) is 3.01. The van der Waals surface area contributed by atoms with Gasteiger partial charge in [-0.15, -0.1) is 0 Å². The third-order valence-corrected chi connectivity index (χ3v) is 4.72. The van der Waals surface area contributed by atoms with Crippen molar-refractivity contribution in [3.63, 3.8) is 0 Å². The van der Waals surface area contributed by atoms with Crippen LogP contribution in [0.2, 0.25) is 0 Å². The molecular weight excluding hydrogens is 338 g/mol. The molecule has 0 unspecified atom stereocenters. The second-order valence-corrected chi connectivity index (χ2v) is 6.66. The van der Waals surface area contributed by atoms with E-state index in [4.69, 9.17) is 4.42 Å². The van der Waals surface area contributed by atoms with E-state index in [1.165, 1.54) is 10.8 Å². The van der Waals surface area contributed by atoms with Gasteiger partial charge < -0.3 is 4.42 Å². The first kappa shape index (κ1) is 15.5. The number of fused-ring (bicyclic) bond motifs is 1. The van der Waals surface area contributed by atoms with Crippen LogP contribution in [0.4, 0.5) is 0 Å². The Balaban J connectivity index is 1.81. The molecule has 4 rings (SSSR count). The summed E-state index contributed by atoms with van der Waals surface area (Å²) in [6, 6.07) is 11.3. The van der Waals surface area contributed by atoms with E-state index in [0.717, 1.165) is 22.5 Å². The van der Waals surface area contributed by atoms with Crippen LogP contribution < -0.4 is 15.7 Å². The molecule has 25 heavy (non-hydrogen) atoms. The van der Waals surface area contributed by atoms with Gasteiger partial charge in [0, 0.05) is 12.5 Å². The monoisotopic (exact) mass is 351 g/mol. The summed E-state index contributed by atoms with van der Waals surface area (Å²) in [5.74, 6) is 0.562. The first-order chi connectivity index (χ1) is 12.1. The van der Waals surface area contributed by atoms with Crippen LogP contribution in [0.3, 0.4) is 0 Å². The Morgan fingerprint density at radius 1 is 1.20 bits per heavy atom. The van der Waals surface area contributed by atoms with Gasteiger partial charge in [0.2, 0.25) is 4.96 Å². The molecule has 0 bridgehead atoms. The van der Waals surface area contributed by atoms with E-state index in [0.29, 0.717) is 16.7 Å². The Kier molecular flexibility index (Phi) is 3.77. The number of benzene rings is 1. The highest BCUT2D eigenvalue weighted by Gasteiger charge is 2.12. The Labute approximate surface area is 145 Å². The molecular formula is C18H13N3O3S. The molecule has 124 valence electrons. The zero-order chi connectivity index (χ0) is 17.4. The molecule has 6 nitrogen and oxygen atoms in total. The van der Waals surface area contributed by atoms with Crippen molar-refractivity contribution in [2.45, 2.75) is 13.3 Å². The van der Waals surface area contributed by atoms with Crippen molar-refractivity contribution in [3.05, 3.63) is 90.5 Å². The van der Waals surface area contributed by atoms with Crippen LogP contribution in [0.15, 0.2) is 56.7 Å². The lowest BCUT2D eigenvalue weighted by molar-refractivity contribution is 0.556. The topological polar surface area (TPSA) is 77.5 Å². The Morgan fingerprint density at radius 2 is 2.00 bits per heavy atom. The molecule has 0 saturated carbocycles.